The van der Waals surface area contributed by atoms with Gasteiger partial charge in [0.25, 0.3) is 0 Å². The van der Waals surface area contributed by atoms with Crippen LogP contribution in [0, 0.1) is 5.82 Å². The SMILES string of the molecule is COc1ccc(C(=O)C=C(CC(=O)c2ccc(F)cc2)c2ccccc2)cc1. The zero-order valence-corrected chi connectivity index (χ0v) is 15.4. The molecule has 0 unspecified atom stereocenters. The van der Waals surface area contributed by atoms with Crippen LogP contribution >= 0.6 is 0 Å². The number of carbonyl (C=O) groups excluding carboxylic acids is 2. The first-order chi connectivity index (χ1) is 13.6. The summed E-state index contributed by atoms with van der Waals surface area (Å²) in [5, 5.41) is 0. The van der Waals surface area contributed by atoms with Crippen molar-refractivity contribution in [3.63, 3.8) is 0 Å². The topological polar surface area (TPSA) is 43.4 Å². The van der Waals surface area contributed by atoms with Crippen molar-refractivity contribution in [3.8, 4) is 5.75 Å². The highest BCUT2D eigenvalue weighted by Gasteiger charge is 2.13. The summed E-state index contributed by atoms with van der Waals surface area (Å²) in [6, 6.07) is 21.5. The maximum atomic E-state index is 13.1. The van der Waals surface area contributed by atoms with E-state index in [4.69, 9.17) is 4.74 Å². The molecule has 3 aromatic carbocycles. The minimum Gasteiger partial charge on any atom is -0.497 e. The molecule has 0 amide bonds. The Morgan fingerprint density at radius 1 is 0.821 bits per heavy atom. The van der Waals surface area contributed by atoms with Crippen LogP contribution in [0.2, 0.25) is 0 Å². The second-order valence-corrected chi connectivity index (χ2v) is 6.24. The molecule has 0 heterocycles. The smallest absolute Gasteiger partial charge is 0.186 e. The second-order valence-electron chi connectivity index (χ2n) is 6.24. The summed E-state index contributed by atoms with van der Waals surface area (Å²) in [7, 11) is 1.56. The van der Waals surface area contributed by atoms with E-state index < -0.39 is 5.82 Å². The van der Waals surface area contributed by atoms with Crippen LogP contribution in [0.25, 0.3) is 5.57 Å². The van der Waals surface area contributed by atoms with E-state index in [1.165, 1.54) is 30.3 Å². The van der Waals surface area contributed by atoms with Crippen LogP contribution in [0.1, 0.15) is 32.7 Å². The Morgan fingerprint density at radius 2 is 1.43 bits per heavy atom. The van der Waals surface area contributed by atoms with Gasteiger partial charge in [-0.3, -0.25) is 9.59 Å². The molecule has 3 aromatic rings. The van der Waals surface area contributed by atoms with E-state index in [0.717, 1.165) is 5.56 Å². The van der Waals surface area contributed by atoms with Gasteiger partial charge in [-0.2, -0.15) is 0 Å². The van der Waals surface area contributed by atoms with Gasteiger partial charge in [0.2, 0.25) is 0 Å². The normalized spacial score (nSPS) is 11.1. The molecule has 0 fully saturated rings. The van der Waals surface area contributed by atoms with E-state index in [1.807, 2.05) is 30.3 Å². The third-order valence-electron chi connectivity index (χ3n) is 4.34. The zero-order chi connectivity index (χ0) is 19.9. The minimum atomic E-state index is -0.398. The Bertz CT molecular complexity index is 988. The molecule has 0 atom stereocenters. The van der Waals surface area contributed by atoms with Gasteiger partial charge in [0, 0.05) is 17.5 Å². The Hall–Kier alpha value is -3.53. The fourth-order valence-electron chi connectivity index (χ4n) is 2.80. The molecular weight excluding hydrogens is 355 g/mol. The van der Waals surface area contributed by atoms with E-state index in [9.17, 15) is 14.0 Å². The van der Waals surface area contributed by atoms with Crippen LogP contribution in [-0.4, -0.2) is 18.7 Å². The van der Waals surface area contributed by atoms with Crippen molar-refractivity contribution >= 4 is 17.1 Å². The number of hydrogen-bond acceptors (Lipinski definition) is 3. The summed E-state index contributed by atoms with van der Waals surface area (Å²) >= 11 is 0. The molecule has 0 radical (unpaired) electrons. The highest BCUT2D eigenvalue weighted by molar-refractivity contribution is 6.11. The lowest BCUT2D eigenvalue weighted by molar-refractivity contribution is 0.0998. The predicted octanol–water partition coefficient (Wildman–Crippen LogP) is 5.37. The van der Waals surface area contributed by atoms with Crippen molar-refractivity contribution in [3.05, 3.63) is 107 Å². The lowest BCUT2D eigenvalue weighted by Gasteiger charge is -2.08. The Morgan fingerprint density at radius 3 is 2.04 bits per heavy atom. The van der Waals surface area contributed by atoms with Crippen LogP contribution in [0.4, 0.5) is 4.39 Å². The average Bonchev–Trinajstić information content (AvgIpc) is 2.74. The first-order valence-corrected chi connectivity index (χ1v) is 8.80. The number of Topliss-reactive ketones (excluding diaryl/α,β-unsaturated/α-hetero) is 1. The molecule has 0 bridgehead atoms. The minimum absolute atomic E-state index is 0.0392. The van der Waals surface area contributed by atoms with Crippen molar-refractivity contribution in [1.29, 1.82) is 0 Å². The van der Waals surface area contributed by atoms with Gasteiger partial charge in [-0.05, 0) is 65.7 Å². The molecule has 0 spiro atoms. The number of ether oxygens (including phenoxy) is 1. The number of methoxy groups -OCH3 is 1. The summed E-state index contributed by atoms with van der Waals surface area (Å²) in [6.45, 7) is 0. The molecule has 0 aliphatic carbocycles. The Labute approximate surface area is 163 Å². The quantitative estimate of drug-likeness (QED) is 0.412. The molecule has 0 aromatic heterocycles. The first-order valence-electron chi connectivity index (χ1n) is 8.80. The first kappa shape index (κ1) is 19.2. The summed E-state index contributed by atoms with van der Waals surface area (Å²) in [6.07, 6.45) is 1.52. The summed E-state index contributed by atoms with van der Waals surface area (Å²) in [4.78, 5) is 25.4. The highest BCUT2D eigenvalue weighted by Crippen LogP contribution is 2.22. The third kappa shape index (κ3) is 4.80. The van der Waals surface area contributed by atoms with Crippen molar-refractivity contribution < 1.29 is 18.7 Å². The third-order valence-corrected chi connectivity index (χ3v) is 4.34. The molecule has 140 valence electrons. The van der Waals surface area contributed by atoms with E-state index >= 15 is 0 Å². The predicted molar refractivity (Wildman–Crippen MR) is 107 cm³/mol. The number of rotatable bonds is 7. The molecule has 0 N–H and O–H groups in total. The monoisotopic (exact) mass is 374 g/mol. The fraction of sp³-hybridized carbons (Fsp3) is 0.0833. The van der Waals surface area contributed by atoms with Gasteiger partial charge in [-0.15, -0.1) is 0 Å². The number of allylic oxidation sites excluding steroid dienone is 2. The van der Waals surface area contributed by atoms with E-state index in [1.54, 1.807) is 31.4 Å². The lowest BCUT2D eigenvalue weighted by atomic mass is 9.95. The van der Waals surface area contributed by atoms with Crippen LogP contribution in [0.3, 0.4) is 0 Å². The van der Waals surface area contributed by atoms with Crippen molar-refractivity contribution in [1.82, 2.24) is 0 Å². The Balaban J connectivity index is 1.90. The number of hydrogen-bond donors (Lipinski definition) is 0. The van der Waals surface area contributed by atoms with Gasteiger partial charge in [0.1, 0.15) is 11.6 Å². The Kier molecular flexibility index (Phi) is 6.12. The van der Waals surface area contributed by atoms with E-state index in [0.29, 0.717) is 22.4 Å². The average molecular weight is 374 g/mol. The van der Waals surface area contributed by atoms with E-state index in [2.05, 4.69) is 0 Å². The van der Waals surface area contributed by atoms with Crippen molar-refractivity contribution in [2.75, 3.05) is 7.11 Å². The molecule has 4 heteroatoms. The van der Waals surface area contributed by atoms with Crippen LogP contribution < -0.4 is 4.74 Å². The molecule has 3 nitrogen and oxygen atoms in total. The fourth-order valence-corrected chi connectivity index (χ4v) is 2.80. The number of halogens is 1. The standard InChI is InChI=1S/C24H19FO3/c1-28-22-13-9-19(10-14-22)24(27)16-20(17-5-3-2-4-6-17)15-23(26)18-7-11-21(25)12-8-18/h2-14,16H,15H2,1H3. The maximum Gasteiger partial charge on any atom is 0.186 e. The van der Waals surface area contributed by atoms with Crippen molar-refractivity contribution in [2.24, 2.45) is 0 Å². The summed E-state index contributed by atoms with van der Waals surface area (Å²) in [5.74, 6) is -0.119. The van der Waals surface area contributed by atoms with Crippen LogP contribution in [0.15, 0.2) is 84.9 Å². The van der Waals surface area contributed by atoms with Gasteiger partial charge in [0.15, 0.2) is 11.6 Å². The van der Waals surface area contributed by atoms with Gasteiger partial charge in [-0.1, -0.05) is 30.3 Å². The summed E-state index contributed by atoms with van der Waals surface area (Å²) < 4.78 is 18.2. The number of ketones is 2. The number of benzene rings is 3. The second kappa shape index (κ2) is 8.91. The molecule has 0 aliphatic rings. The molecule has 28 heavy (non-hydrogen) atoms. The maximum absolute atomic E-state index is 13.1. The lowest BCUT2D eigenvalue weighted by Crippen LogP contribution is -2.03. The van der Waals surface area contributed by atoms with Crippen molar-refractivity contribution in [2.45, 2.75) is 6.42 Å². The zero-order valence-electron chi connectivity index (χ0n) is 15.4. The van der Waals surface area contributed by atoms with Crippen LogP contribution in [-0.2, 0) is 0 Å². The molecule has 3 rings (SSSR count). The molecule has 0 saturated heterocycles. The largest absolute Gasteiger partial charge is 0.497 e. The molecular formula is C24H19FO3. The molecule has 0 saturated carbocycles. The number of carbonyl (C=O) groups is 2. The van der Waals surface area contributed by atoms with Gasteiger partial charge < -0.3 is 4.74 Å². The van der Waals surface area contributed by atoms with E-state index in [-0.39, 0.29) is 18.0 Å². The van der Waals surface area contributed by atoms with Gasteiger partial charge in [-0.25, -0.2) is 4.39 Å². The summed E-state index contributed by atoms with van der Waals surface area (Å²) in [5.41, 5.74) is 2.30. The molecule has 0 aliphatic heterocycles. The van der Waals surface area contributed by atoms with Gasteiger partial charge in [0.05, 0.1) is 7.11 Å². The highest BCUT2D eigenvalue weighted by atomic mass is 19.1. The van der Waals surface area contributed by atoms with Gasteiger partial charge >= 0.3 is 0 Å². The van der Waals surface area contributed by atoms with Crippen LogP contribution in [0.5, 0.6) is 5.75 Å².